The van der Waals surface area contributed by atoms with Crippen molar-refractivity contribution in [3.63, 3.8) is 0 Å². The lowest BCUT2D eigenvalue weighted by molar-refractivity contribution is -0.131. The van der Waals surface area contributed by atoms with E-state index in [4.69, 9.17) is 4.74 Å². The molecule has 1 N–H and O–H groups in total. The van der Waals surface area contributed by atoms with Crippen LogP contribution in [0.2, 0.25) is 0 Å². The predicted octanol–water partition coefficient (Wildman–Crippen LogP) is 2.26. The summed E-state index contributed by atoms with van der Waals surface area (Å²) in [6.45, 7) is 3.04. The molecule has 0 fully saturated rings. The number of hydrogen-bond donors (Lipinski definition) is 1. The number of nitrogens with zero attached hydrogens (tertiary/aromatic N) is 1. The van der Waals surface area contributed by atoms with Crippen molar-refractivity contribution in [2.24, 2.45) is 0 Å². The maximum absolute atomic E-state index is 12.5. The van der Waals surface area contributed by atoms with Crippen molar-refractivity contribution in [3.8, 4) is 5.75 Å². The van der Waals surface area contributed by atoms with Crippen molar-refractivity contribution in [3.05, 3.63) is 59.2 Å². The van der Waals surface area contributed by atoms with E-state index in [1.165, 1.54) is 18.7 Å². The summed E-state index contributed by atoms with van der Waals surface area (Å²) in [5, 5.41) is 0. The number of amides is 1. The molecule has 0 unspecified atom stereocenters. The van der Waals surface area contributed by atoms with E-state index in [2.05, 4.69) is 10.8 Å². The largest absolute Gasteiger partial charge is 0.497 e. The average Bonchev–Trinajstić information content (AvgIpc) is 2.67. The second-order valence-electron chi connectivity index (χ2n) is 6.61. The normalized spacial score (nSPS) is 13.9. The maximum atomic E-state index is 12.5. The van der Waals surface area contributed by atoms with Crippen LogP contribution in [0.3, 0.4) is 0 Å². The third-order valence-electron chi connectivity index (χ3n) is 4.79. The fourth-order valence-corrected chi connectivity index (χ4v) is 4.54. The average molecular weight is 388 g/mol. The topological polar surface area (TPSA) is 75.7 Å². The van der Waals surface area contributed by atoms with Gasteiger partial charge >= 0.3 is 0 Å². The van der Waals surface area contributed by atoms with E-state index in [0.717, 1.165) is 12.0 Å². The van der Waals surface area contributed by atoms with E-state index in [9.17, 15) is 13.2 Å². The molecule has 1 aliphatic heterocycles. The zero-order chi connectivity index (χ0) is 19.4. The third kappa shape index (κ3) is 4.48. The highest BCUT2D eigenvalue weighted by Gasteiger charge is 2.21. The smallest absolute Gasteiger partial charge is 0.240 e. The van der Waals surface area contributed by atoms with Gasteiger partial charge in [-0.05, 0) is 48.2 Å². The third-order valence-corrected chi connectivity index (χ3v) is 6.41. The molecule has 1 heterocycles. The Balaban J connectivity index is 1.57. The van der Waals surface area contributed by atoms with E-state index < -0.39 is 10.0 Å². The van der Waals surface area contributed by atoms with Crippen molar-refractivity contribution in [1.29, 1.82) is 0 Å². The summed E-state index contributed by atoms with van der Waals surface area (Å²) < 4.78 is 32.6. The SMILES string of the molecule is COc1ccc(S(=O)(=O)NCCC(=O)N2CCc3ccccc3C2)c(C)c1. The number of rotatable bonds is 6. The van der Waals surface area contributed by atoms with E-state index in [-0.39, 0.29) is 23.8 Å². The van der Waals surface area contributed by atoms with Crippen LogP contribution < -0.4 is 9.46 Å². The van der Waals surface area contributed by atoms with Gasteiger partial charge in [0.1, 0.15) is 5.75 Å². The predicted molar refractivity (Wildman–Crippen MR) is 103 cm³/mol. The molecule has 1 aliphatic rings. The summed E-state index contributed by atoms with van der Waals surface area (Å²) in [4.78, 5) is 14.4. The second-order valence-corrected chi connectivity index (χ2v) is 8.35. The van der Waals surface area contributed by atoms with Gasteiger partial charge in [-0.2, -0.15) is 0 Å². The molecular formula is C20H24N2O4S. The quantitative estimate of drug-likeness (QED) is 0.824. The van der Waals surface area contributed by atoms with Gasteiger partial charge in [0.05, 0.1) is 12.0 Å². The molecule has 0 aromatic heterocycles. The summed E-state index contributed by atoms with van der Waals surface area (Å²) in [5.74, 6) is 0.561. The van der Waals surface area contributed by atoms with Crippen molar-refractivity contribution in [2.75, 3.05) is 20.2 Å². The first-order valence-electron chi connectivity index (χ1n) is 8.89. The Morgan fingerprint density at radius 2 is 1.93 bits per heavy atom. The lowest BCUT2D eigenvalue weighted by Crippen LogP contribution is -2.38. The van der Waals surface area contributed by atoms with E-state index in [1.807, 2.05) is 18.2 Å². The molecule has 144 valence electrons. The van der Waals surface area contributed by atoms with Crippen LogP contribution in [0.5, 0.6) is 5.75 Å². The van der Waals surface area contributed by atoms with Crippen LogP contribution in [0.25, 0.3) is 0 Å². The monoisotopic (exact) mass is 388 g/mol. The lowest BCUT2D eigenvalue weighted by Gasteiger charge is -2.29. The Morgan fingerprint density at radius 1 is 1.19 bits per heavy atom. The highest BCUT2D eigenvalue weighted by molar-refractivity contribution is 7.89. The molecule has 0 atom stereocenters. The highest BCUT2D eigenvalue weighted by atomic mass is 32.2. The number of hydrogen-bond acceptors (Lipinski definition) is 4. The van der Waals surface area contributed by atoms with E-state index >= 15 is 0 Å². The molecular weight excluding hydrogens is 364 g/mol. The number of ether oxygens (including phenoxy) is 1. The van der Waals surface area contributed by atoms with Crippen LogP contribution in [0.1, 0.15) is 23.1 Å². The van der Waals surface area contributed by atoms with Crippen molar-refractivity contribution in [2.45, 2.75) is 31.2 Å². The van der Waals surface area contributed by atoms with Crippen LogP contribution in [-0.4, -0.2) is 39.4 Å². The first-order chi connectivity index (χ1) is 12.9. The number of benzene rings is 2. The number of sulfonamides is 1. The summed E-state index contributed by atoms with van der Waals surface area (Å²) in [7, 11) is -2.13. The van der Waals surface area contributed by atoms with Gasteiger partial charge in [0.25, 0.3) is 0 Å². The van der Waals surface area contributed by atoms with Crippen LogP contribution in [0.4, 0.5) is 0 Å². The van der Waals surface area contributed by atoms with Gasteiger partial charge in [0.2, 0.25) is 15.9 Å². The summed E-state index contributed by atoms with van der Waals surface area (Å²) in [5.41, 5.74) is 3.03. The molecule has 0 saturated carbocycles. The minimum atomic E-state index is -3.67. The molecule has 2 aromatic carbocycles. The number of carbonyl (C=O) groups excluding carboxylic acids is 1. The number of aryl methyl sites for hydroxylation is 1. The minimum absolute atomic E-state index is 0.0429. The van der Waals surface area contributed by atoms with Gasteiger partial charge in [-0.3, -0.25) is 4.79 Å². The molecule has 3 rings (SSSR count). The van der Waals surface area contributed by atoms with Crippen LogP contribution in [0, 0.1) is 6.92 Å². The highest BCUT2D eigenvalue weighted by Crippen LogP contribution is 2.21. The Hall–Kier alpha value is -2.38. The van der Waals surface area contributed by atoms with Crippen LogP contribution in [0.15, 0.2) is 47.4 Å². The Kier molecular flexibility index (Phi) is 5.82. The Bertz CT molecular complexity index is 941. The summed E-state index contributed by atoms with van der Waals surface area (Å²) >= 11 is 0. The van der Waals surface area contributed by atoms with Gasteiger partial charge in [-0.1, -0.05) is 24.3 Å². The van der Waals surface area contributed by atoms with Gasteiger partial charge in [-0.15, -0.1) is 0 Å². The van der Waals surface area contributed by atoms with Crippen LogP contribution >= 0.6 is 0 Å². The minimum Gasteiger partial charge on any atom is -0.497 e. The Labute approximate surface area is 160 Å². The maximum Gasteiger partial charge on any atom is 0.240 e. The molecule has 7 heteroatoms. The molecule has 0 bridgehead atoms. The van der Waals surface area contributed by atoms with Gasteiger partial charge in [0, 0.05) is 26.1 Å². The number of methoxy groups -OCH3 is 1. The number of nitrogens with one attached hydrogen (secondary N) is 1. The van der Waals surface area contributed by atoms with Gasteiger partial charge < -0.3 is 9.64 Å². The zero-order valence-electron chi connectivity index (χ0n) is 15.6. The molecule has 0 radical (unpaired) electrons. The molecule has 6 nitrogen and oxygen atoms in total. The Morgan fingerprint density at radius 3 is 2.63 bits per heavy atom. The standard InChI is InChI=1S/C20H24N2O4S/c1-15-13-18(26-2)7-8-19(15)27(24,25)21-11-9-20(23)22-12-10-16-5-3-4-6-17(16)14-22/h3-8,13,21H,9-12,14H2,1-2H3. The van der Waals surface area contributed by atoms with Gasteiger partial charge in [-0.25, -0.2) is 13.1 Å². The first kappa shape index (κ1) is 19.4. The molecule has 1 amide bonds. The van der Waals surface area contributed by atoms with Crippen molar-refractivity contribution < 1.29 is 17.9 Å². The number of carbonyl (C=O) groups is 1. The molecule has 2 aromatic rings. The number of fused-ring (bicyclic) bond motifs is 1. The first-order valence-corrected chi connectivity index (χ1v) is 10.4. The van der Waals surface area contributed by atoms with E-state index in [0.29, 0.717) is 24.4 Å². The second kappa shape index (κ2) is 8.10. The van der Waals surface area contributed by atoms with E-state index in [1.54, 1.807) is 24.0 Å². The van der Waals surface area contributed by atoms with Gasteiger partial charge in [0.15, 0.2) is 0 Å². The zero-order valence-corrected chi connectivity index (χ0v) is 16.4. The van der Waals surface area contributed by atoms with Crippen molar-refractivity contribution in [1.82, 2.24) is 9.62 Å². The molecule has 0 saturated heterocycles. The fourth-order valence-electron chi connectivity index (χ4n) is 3.29. The summed E-state index contributed by atoms with van der Waals surface area (Å²) in [6.07, 6.45) is 0.968. The summed E-state index contributed by atoms with van der Waals surface area (Å²) in [6, 6.07) is 12.9. The molecule has 0 spiro atoms. The molecule has 27 heavy (non-hydrogen) atoms. The fraction of sp³-hybridized carbons (Fsp3) is 0.350. The van der Waals surface area contributed by atoms with Crippen LogP contribution in [-0.2, 0) is 27.8 Å². The van der Waals surface area contributed by atoms with Crippen molar-refractivity contribution >= 4 is 15.9 Å². The molecule has 0 aliphatic carbocycles. The lowest BCUT2D eigenvalue weighted by atomic mass is 10.00.